The molecule has 0 aliphatic heterocycles. The number of carbonyl (C=O) groups is 2. The minimum Gasteiger partial charge on any atom is -0.455 e. The highest BCUT2D eigenvalue weighted by Crippen LogP contribution is 2.43. The molecule has 9 nitrogen and oxygen atoms in total. The maximum absolute atomic E-state index is 14.6. The van der Waals surface area contributed by atoms with Crippen LogP contribution in [0.5, 0.6) is 0 Å². The van der Waals surface area contributed by atoms with Crippen LogP contribution in [0, 0.1) is 5.82 Å². The molecule has 1 aromatic carbocycles. The molecule has 1 amide bonds. The van der Waals surface area contributed by atoms with Crippen LogP contribution in [0.2, 0.25) is 0 Å². The number of ether oxygens (including phenoxy) is 1. The van der Waals surface area contributed by atoms with Crippen LogP contribution in [-0.4, -0.2) is 34.6 Å². The number of anilines is 2. The summed E-state index contributed by atoms with van der Waals surface area (Å²) in [5.74, 6) is -1.91. The maximum Gasteiger partial charge on any atom is 0.330 e. The van der Waals surface area contributed by atoms with E-state index in [0.29, 0.717) is 25.7 Å². The van der Waals surface area contributed by atoms with Gasteiger partial charge in [-0.1, -0.05) is 51.3 Å². The molecule has 3 rings (SSSR count). The Hall–Kier alpha value is -3.43. The topological polar surface area (TPSA) is 127 Å². The molecule has 0 bridgehead atoms. The van der Waals surface area contributed by atoms with Crippen molar-refractivity contribution < 1.29 is 18.7 Å². The van der Waals surface area contributed by atoms with Gasteiger partial charge in [-0.05, 0) is 31.7 Å². The molecule has 190 valence electrons. The third-order valence-corrected chi connectivity index (χ3v) is 6.53. The molecule has 1 aromatic heterocycles. The molecule has 0 radical (unpaired) electrons. The van der Waals surface area contributed by atoms with Crippen LogP contribution in [0.3, 0.4) is 0 Å². The van der Waals surface area contributed by atoms with Crippen molar-refractivity contribution in [3.63, 3.8) is 0 Å². The van der Waals surface area contributed by atoms with Crippen molar-refractivity contribution >= 4 is 23.4 Å². The lowest BCUT2D eigenvalue weighted by Gasteiger charge is -2.28. The maximum atomic E-state index is 14.6. The standard InChI is InChI=1S/C25H33FN4O5/c1-3-5-15-29(20-21(27)30(14-4-2)24(34)28-22(20)32)19(31)16-35-23(33)25(12-8-9-13-25)17-10-6-7-11-18(17)26/h6-7,10-11H,3-5,8-9,12-16,27H2,1-2H3,(H,28,32,34). The van der Waals surface area contributed by atoms with Gasteiger partial charge in [0.25, 0.3) is 11.5 Å². The fourth-order valence-corrected chi connectivity index (χ4v) is 4.72. The van der Waals surface area contributed by atoms with E-state index in [1.54, 1.807) is 18.2 Å². The molecule has 1 fully saturated rings. The zero-order chi connectivity index (χ0) is 25.6. The van der Waals surface area contributed by atoms with Crippen molar-refractivity contribution in [2.24, 2.45) is 0 Å². The summed E-state index contributed by atoms with van der Waals surface area (Å²) in [5, 5.41) is 0. The van der Waals surface area contributed by atoms with E-state index in [9.17, 15) is 23.6 Å². The lowest BCUT2D eigenvalue weighted by Crippen LogP contribution is -2.44. The Bertz CT molecular complexity index is 1180. The zero-order valence-corrected chi connectivity index (χ0v) is 20.3. The summed E-state index contributed by atoms with van der Waals surface area (Å²) in [7, 11) is 0. The van der Waals surface area contributed by atoms with Gasteiger partial charge in [0.15, 0.2) is 12.3 Å². The van der Waals surface area contributed by atoms with Gasteiger partial charge in [0.05, 0.1) is 5.41 Å². The summed E-state index contributed by atoms with van der Waals surface area (Å²) in [6.07, 6.45) is 4.21. The van der Waals surface area contributed by atoms with Crippen LogP contribution < -0.4 is 21.9 Å². The molecule has 1 aliphatic carbocycles. The Morgan fingerprint density at radius 2 is 1.86 bits per heavy atom. The van der Waals surface area contributed by atoms with Crippen LogP contribution in [0.25, 0.3) is 0 Å². The van der Waals surface area contributed by atoms with E-state index >= 15 is 0 Å². The summed E-state index contributed by atoms with van der Waals surface area (Å²) in [6.45, 7) is 3.56. The number of H-pyrrole nitrogens is 1. The van der Waals surface area contributed by atoms with Crippen molar-refractivity contribution in [1.82, 2.24) is 9.55 Å². The second kappa shape index (κ2) is 11.3. The zero-order valence-electron chi connectivity index (χ0n) is 20.3. The van der Waals surface area contributed by atoms with E-state index in [0.717, 1.165) is 19.3 Å². The van der Waals surface area contributed by atoms with Crippen molar-refractivity contribution in [3.8, 4) is 0 Å². The third-order valence-electron chi connectivity index (χ3n) is 6.53. The fraction of sp³-hybridized carbons (Fsp3) is 0.520. The minimum atomic E-state index is -1.15. The second-order valence-electron chi connectivity index (χ2n) is 8.89. The number of rotatable bonds is 10. The quantitative estimate of drug-likeness (QED) is 0.495. The van der Waals surface area contributed by atoms with Gasteiger partial charge in [-0.3, -0.25) is 23.9 Å². The Balaban J connectivity index is 1.88. The summed E-state index contributed by atoms with van der Waals surface area (Å²) in [5.41, 5.74) is 3.69. The lowest BCUT2D eigenvalue weighted by atomic mass is 9.78. The Morgan fingerprint density at radius 3 is 2.49 bits per heavy atom. The number of nitrogen functional groups attached to an aromatic ring is 1. The number of aromatic amines is 1. The van der Waals surface area contributed by atoms with Gasteiger partial charge >= 0.3 is 11.7 Å². The van der Waals surface area contributed by atoms with E-state index in [-0.39, 0.29) is 30.2 Å². The number of nitrogens with one attached hydrogen (secondary N) is 1. The Kier molecular flexibility index (Phi) is 8.48. The Morgan fingerprint density at radius 1 is 1.17 bits per heavy atom. The normalized spacial score (nSPS) is 14.6. The molecule has 3 N–H and O–H groups in total. The first-order chi connectivity index (χ1) is 16.8. The summed E-state index contributed by atoms with van der Waals surface area (Å²) in [4.78, 5) is 54.7. The summed E-state index contributed by atoms with van der Waals surface area (Å²) in [6, 6.07) is 6.11. The van der Waals surface area contributed by atoms with Crippen molar-refractivity contribution in [2.75, 3.05) is 23.8 Å². The molecule has 0 unspecified atom stereocenters. The number of amides is 1. The molecule has 1 heterocycles. The van der Waals surface area contributed by atoms with Crippen LogP contribution >= 0.6 is 0 Å². The van der Waals surface area contributed by atoms with E-state index < -0.39 is 41.0 Å². The van der Waals surface area contributed by atoms with Gasteiger partial charge < -0.3 is 15.4 Å². The van der Waals surface area contributed by atoms with E-state index in [1.165, 1.54) is 15.5 Å². The smallest absolute Gasteiger partial charge is 0.330 e. The molecule has 1 saturated carbocycles. The number of halogens is 1. The molecular weight excluding hydrogens is 455 g/mol. The number of aromatic nitrogens is 2. The van der Waals surface area contributed by atoms with Gasteiger partial charge in [-0.15, -0.1) is 0 Å². The molecule has 0 atom stereocenters. The first-order valence-corrected chi connectivity index (χ1v) is 12.1. The monoisotopic (exact) mass is 488 g/mol. The number of nitrogens with zero attached hydrogens (tertiary/aromatic N) is 2. The molecule has 2 aromatic rings. The number of nitrogens with two attached hydrogens (primary N) is 1. The van der Waals surface area contributed by atoms with Gasteiger partial charge in [-0.25, -0.2) is 9.18 Å². The highest BCUT2D eigenvalue weighted by Gasteiger charge is 2.46. The highest BCUT2D eigenvalue weighted by molar-refractivity contribution is 5.97. The number of hydrogen-bond acceptors (Lipinski definition) is 6. The van der Waals surface area contributed by atoms with Crippen LogP contribution in [0.1, 0.15) is 64.4 Å². The van der Waals surface area contributed by atoms with Crippen molar-refractivity contribution in [2.45, 2.75) is 70.8 Å². The van der Waals surface area contributed by atoms with Crippen LogP contribution in [0.4, 0.5) is 15.9 Å². The fourth-order valence-electron chi connectivity index (χ4n) is 4.72. The minimum absolute atomic E-state index is 0.116. The Labute approximate surface area is 203 Å². The number of benzene rings is 1. The lowest BCUT2D eigenvalue weighted by molar-refractivity contribution is -0.154. The SMILES string of the molecule is CCCCN(C(=O)COC(=O)C1(c2ccccc2F)CCCC1)c1c(N)n(CCC)c(=O)[nH]c1=O. The van der Waals surface area contributed by atoms with Crippen LogP contribution in [-0.2, 0) is 26.3 Å². The van der Waals surface area contributed by atoms with E-state index in [4.69, 9.17) is 10.5 Å². The van der Waals surface area contributed by atoms with Crippen molar-refractivity contribution in [1.29, 1.82) is 0 Å². The third kappa shape index (κ3) is 5.31. The molecule has 0 spiro atoms. The summed E-state index contributed by atoms with van der Waals surface area (Å²) < 4.78 is 21.2. The number of esters is 1. The highest BCUT2D eigenvalue weighted by atomic mass is 19.1. The number of carbonyl (C=O) groups excluding carboxylic acids is 2. The van der Waals surface area contributed by atoms with Crippen LogP contribution in [0.15, 0.2) is 33.9 Å². The van der Waals surface area contributed by atoms with Gasteiger partial charge in [-0.2, -0.15) is 0 Å². The molecule has 35 heavy (non-hydrogen) atoms. The largest absolute Gasteiger partial charge is 0.455 e. The second-order valence-corrected chi connectivity index (χ2v) is 8.89. The molecule has 10 heteroatoms. The average Bonchev–Trinajstić information content (AvgIpc) is 3.33. The van der Waals surface area contributed by atoms with Crippen molar-refractivity contribution in [3.05, 3.63) is 56.5 Å². The first-order valence-electron chi connectivity index (χ1n) is 12.1. The molecule has 0 saturated heterocycles. The molecule has 1 aliphatic rings. The summed E-state index contributed by atoms with van der Waals surface area (Å²) >= 11 is 0. The predicted octanol–water partition coefficient (Wildman–Crippen LogP) is 2.86. The predicted molar refractivity (Wildman–Crippen MR) is 131 cm³/mol. The van der Waals surface area contributed by atoms with Gasteiger partial charge in [0, 0.05) is 18.7 Å². The average molecular weight is 489 g/mol. The molecular formula is C25H33FN4O5. The van der Waals surface area contributed by atoms with Gasteiger partial charge in [0.2, 0.25) is 0 Å². The number of hydrogen-bond donors (Lipinski definition) is 2. The number of unbranched alkanes of at least 4 members (excludes halogenated alkanes) is 1. The van der Waals surface area contributed by atoms with Gasteiger partial charge in [0.1, 0.15) is 11.6 Å². The van der Waals surface area contributed by atoms with E-state index in [1.807, 2.05) is 13.8 Å². The van der Waals surface area contributed by atoms with E-state index in [2.05, 4.69) is 4.98 Å². The first kappa shape index (κ1) is 26.2.